The standard InChI is InChI=1S/C21H28N4O2S/c1-4-25-14-17(13-22-25)23-20(26)16-9-11-24(12-10-16)21(27)18-7-5-6-8-19(18)28-15(2)3/h5-8,13-16H,4,9-12H2,1-3H3,(H,23,26). The highest BCUT2D eigenvalue weighted by molar-refractivity contribution is 8.00. The van der Waals surface area contributed by atoms with Crippen molar-refractivity contribution in [3.05, 3.63) is 42.2 Å². The predicted octanol–water partition coefficient (Wildman–Crippen LogP) is 3.89. The summed E-state index contributed by atoms with van der Waals surface area (Å²) >= 11 is 1.71. The molecule has 3 rings (SSSR count). The number of aryl methyl sites for hydroxylation is 1. The van der Waals surface area contributed by atoms with E-state index in [1.807, 2.05) is 42.3 Å². The van der Waals surface area contributed by atoms with Gasteiger partial charge in [0, 0.05) is 41.9 Å². The molecule has 1 aromatic heterocycles. The lowest BCUT2D eigenvalue weighted by molar-refractivity contribution is -0.121. The summed E-state index contributed by atoms with van der Waals surface area (Å²) in [5, 5.41) is 7.54. The molecule has 0 radical (unpaired) electrons. The largest absolute Gasteiger partial charge is 0.339 e. The molecule has 6 nitrogen and oxygen atoms in total. The lowest BCUT2D eigenvalue weighted by atomic mass is 9.95. The van der Waals surface area contributed by atoms with Crippen molar-refractivity contribution in [3.8, 4) is 0 Å². The quantitative estimate of drug-likeness (QED) is 0.747. The number of aromatic nitrogens is 2. The Balaban J connectivity index is 1.57. The van der Waals surface area contributed by atoms with Gasteiger partial charge in [-0.3, -0.25) is 14.3 Å². The summed E-state index contributed by atoms with van der Waals surface area (Å²) in [5.74, 6) is -0.000319. The van der Waals surface area contributed by atoms with E-state index in [1.165, 1.54) is 0 Å². The normalized spacial score (nSPS) is 15.1. The monoisotopic (exact) mass is 400 g/mol. The molecule has 1 N–H and O–H groups in total. The maximum absolute atomic E-state index is 13.0. The highest BCUT2D eigenvalue weighted by Gasteiger charge is 2.29. The Bertz CT molecular complexity index is 825. The molecule has 1 aliphatic heterocycles. The van der Waals surface area contributed by atoms with Crippen molar-refractivity contribution in [2.45, 2.75) is 50.3 Å². The maximum Gasteiger partial charge on any atom is 0.254 e. The molecule has 1 fully saturated rings. The fourth-order valence-corrected chi connectivity index (χ4v) is 4.31. The van der Waals surface area contributed by atoms with Gasteiger partial charge in [-0.05, 0) is 31.9 Å². The third-order valence-corrected chi connectivity index (χ3v) is 5.94. The second kappa shape index (κ2) is 9.28. The number of hydrogen-bond donors (Lipinski definition) is 1. The van der Waals surface area contributed by atoms with Crippen LogP contribution in [0.5, 0.6) is 0 Å². The van der Waals surface area contributed by atoms with E-state index >= 15 is 0 Å². The first-order chi connectivity index (χ1) is 13.5. The predicted molar refractivity (Wildman–Crippen MR) is 113 cm³/mol. The molecule has 0 unspecified atom stereocenters. The van der Waals surface area contributed by atoms with Gasteiger partial charge in [-0.15, -0.1) is 11.8 Å². The highest BCUT2D eigenvalue weighted by atomic mass is 32.2. The SMILES string of the molecule is CCn1cc(NC(=O)C2CCN(C(=O)c3ccccc3SC(C)C)CC2)cn1. The summed E-state index contributed by atoms with van der Waals surface area (Å²) in [6.07, 6.45) is 4.86. The molecule has 1 aromatic carbocycles. The van der Waals surface area contributed by atoms with Crippen LogP contribution in [0.2, 0.25) is 0 Å². The third-order valence-electron chi connectivity index (χ3n) is 4.86. The van der Waals surface area contributed by atoms with Crippen LogP contribution in [0.4, 0.5) is 5.69 Å². The first kappa shape index (κ1) is 20.5. The van der Waals surface area contributed by atoms with Crippen LogP contribution in [0.3, 0.4) is 0 Å². The van der Waals surface area contributed by atoms with Gasteiger partial charge < -0.3 is 10.2 Å². The molecule has 150 valence electrons. The summed E-state index contributed by atoms with van der Waals surface area (Å²) in [6, 6.07) is 7.79. The molecule has 0 bridgehead atoms. The number of likely N-dealkylation sites (tertiary alicyclic amines) is 1. The number of piperidine rings is 1. The van der Waals surface area contributed by atoms with E-state index in [2.05, 4.69) is 24.3 Å². The molecule has 28 heavy (non-hydrogen) atoms. The third kappa shape index (κ3) is 4.95. The zero-order chi connectivity index (χ0) is 20.1. The topological polar surface area (TPSA) is 67.2 Å². The fraction of sp³-hybridized carbons (Fsp3) is 0.476. The zero-order valence-electron chi connectivity index (χ0n) is 16.7. The van der Waals surface area contributed by atoms with Gasteiger partial charge in [-0.25, -0.2) is 0 Å². The summed E-state index contributed by atoms with van der Waals surface area (Å²) in [7, 11) is 0. The van der Waals surface area contributed by atoms with Gasteiger partial charge in [0.1, 0.15) is 0 Å². The highest BCUT2D eigenvalue weighted by Crippen LogP contribution is 2.29. The molecule has 2 amide bonds. The number of hydrogen-bond acceptors (Lipinski definition) is 4. The number of nitrogens with zero attached hydrogens (tertiary/aromatic N) is 3. The van der Waals surface area contributed by atoms with Crippen LogP contribution in [0.15, 0.2) is 41.6 Å². The average Bonchev–Trinajstić information content (AvgIpc) is 3.15. The maximum atomic E-state index is 13.0. The molecular weight excluding hydrogens is 372 g/mol. The molecule has 2 aromatic rings. The Morgan fingerprint density at radius 2 is 1.96 bits per heavy atom. The Morgan fingerprint density at radius 1 is 1.25 bits per heavy atom. The van der Waals surface area contributed by atoms with Gasteiger partial charge in [0.2, 0.25) is 5.91 Å². The van der Waals surface area contributed by atoms with Crippen LogP contribution in [-0.2, 0) is 11.3 Å². The Hall–Kier alpha value is -2.28. The van der Waals surface area contributed by atoms with Crippen molar-refractivity contribution < 1.29 is 9.59 Å². The number of benzene rings is 1. The van der Waals surface area contributed by atoms with Gasteiger partial charge >= 0.3 is 0 Å². The van der Waals surface area contributed by atoms with Crippen LogP contribution in [0, 0.1) is 5.92 Å². The second-order valence-electron chi connectivity index (χ2n) is 7.30. The van der Waals surface area contributed by atoms with Crippen LogP contribution in [0.1, 0.15) is 44.0 Å². The molecule has 0 atom stereocenters. The van der Waals surface area contributed by atoms with E-state index in [0.717, 1.165) is 22.7 Å². The van der Waals surface area contributed by atoms with Crippen LogP contribution >= 0.6 is 11.8 Å². The van der Waals surface area contributed by atoms with Gasteiger partial charge in [0.25, 0.3) is 5.91 Å². The Kier molecular flexibility index (Phi) is 6.78. The van der Waals surface area contributed by atoms with Crippen LogP contribution < -0.4 is 5.32 Å². The van der Waals surface area contributed by atoms with E-state index < -0.39 is 0 Å². The number of nitrogens with one attached hydrogen (secondary N) is 1. The number of carbonyl (C=O) groups is 2. The minimum Gasteiger partial charge on any atom is -0.339 e. The lowest BCUT2D eigenvalue weighted by Gasteiger charge is -2.31. The van der Waals surface area contributed by atoms with E-state index in [4.69, 9.17) is 0 Å². The average molecular weight is 401 g/mol. The molecule has 0 spiro atoms. The number of anilines is 1. The molecule has 2 heterocycles. The summed E-state index contributed by atoms with van der Waals surface area (Å²) in [6.45, 7) is 8.23. The van der Waals surface area contributed by atoms with Crippen molar-refractivity contribution in [1.29, 1.82) is 0 Å². The first-order valence-electron chi connectivity index (χ1n) is 9.86. The fourth-order valence-electron chi connectivity index (χ4n) is 3.36. The molecule has 7 heteroatoms. The van der Waals surface area contributed by atoms with Crippen molar-refractivity contribution in [2.24, 2.45) is 5.92 Å². The summed E-state index contributed by atoms with van der Waals surface area (Å²) < 4.78 is 1.78. The molecule has 1 saturated heterocycles. The number of carbonyl (C=O) groups excluding carboxylic acids is 2. The Morgan fingerprint density at radius 3 is 2.61 bits per heavy atom. The number of thioether (sulfide) groups is 1. The van der Waals surface area contributed by atoms with Gasteiger partial charge in [-0.1, -0.05) is 26.0 Å². The first-order valence-corrected chi connectivity index (χ1v) is 10.7. The number of amides is 2. The van der Waals surface area contributed by atoms with E-state index in [1.54, 1.807) is 22.6 Å². The van der Waals surface area contributed by atoms with Crippen LogP contribution in [-0.4, -0.2) is 44.8 Å². The summed E-state index contributed by atoms with van der Waals surface area (Å²) in [5.41, 5.74) is 1.49. The van der Waals surface area contributed by atoms with Gasteiger partial charge in [0.15, 0.2) is 0 Å². The van der Waals surface area contributed by atoms with Crippen molar-refractivity contribution in [2.75, 3.05) is 18.4 Å². The second-order valence-corrected chi connectivity index (χ2v) is 8.92. The molecule has 0 saturated carbocycles. The van der Waals surface area contributed by atoms with Crippen LogP contribution in [0.25, 0.3) is 0 Å². The smallest absolute Gasteiger partial charge is 0.254 e. The van der Waals surface area contributed by atoms with Crippen molar-refractivity contribution in [1.82, 2.24) is 14.7 Å². The lowest BCUT2D eigenvalue weighted by Crippen LogP contribution is -2.41. The van der Waals surface area contributed by atoms with Crippen molar-refractivity contribution >= 4 is 29.3 Å². The van der Waals surface area contributed by atoms with E-state index in [9.17, 15) is 9.59 Å². The molecule has 1 aliphatic rings. The van der Waals surface area contributed by atoms with Gasteiger partial charge in [0.05, 0.1) is 17.4 Å². The molecular formula is C21H28N4O2S. The van der Waals surface area contributed by atoms with E-state index in [-0.39, 0.29) is 17.7 Å². The summed E-state index contributed by atoms with van der Waals surface area (Å²) in [4.78, 5) is 28.4. The van der Waals surface area contributed by atoms with E-state index in [0.29, 0.717) is 31.2 Å². The zero-order valence-corrected chi connectivity index (χ0v) is 17.5. The Labute approximate surface area is 170 Å². The molecule has 0 aliphatic carbocycles. The minimum atomic E-state index is -0.0747. The number of rotatable bonds is 6. The van der Waals surface area contributed by atoms with Gasteiger partial charge in [-0.2, -0.15) is 5.10 Å². The van der Waals surface area contributed by atoms with Crippen molar-refractivity contribution in [3.63, 3.8) is 0 Å². The minimum absolute atomic E-state index is 0.0125.